The second-order valence-electron chi connectivity index (χ2n) is 5.16. The largest absolute Gasteiger partial charge is 0.611 e. The van der Waals surface area contributed by atoms with E-state index in [1.165, 1.54) is 0 Å². The summed E-state index contributed by atoms with van der Waals surface area (Å²) in [6.07, 6.45) is 1.57. The van der Waals surface area contributed by atoms with Crippen LogP contribution in [0.4, 0.5) is 11.5 Å². The first-order chi connectivity index (χ1) is 10.6. The van der Waals surface area contributed by atoms with Gasteiger partial charge in [-0.3, -0.25) is 9.89 Å². The lowest BCUT2D eigenvalue weighted by molar-refractivity contribution is 0.586. The van der Waals surface area contributed by atoms with Gasteiger partial charge >= 0.3 is 0 Å². The van der Waals surface area contributed by atoms with Gasteiger partial charge in [0.25, 0.3) is 5.56 Å². The maximum atomic E-state index is 12.0. The van der Waals surface area contributed by atoms with Crippen LogP contribution in [0.15, 0.2) is 46.2 Å². The average Bonchev–Trinajstić information content (AvgIpc) is 2.92. The molecule has 3 aromatic rings. The normalized spacial score (nSPS) is 12.7. The third-order valence-corrected chi connectivity index (χ3v) is 4.86. The molecule has 0 bridgehead atoms. The summed E-state index contributed by atoms with van der Waals surface area (Å²) in [6, 6.07) is 9.04. The van der Waals surface area contributed by atoms with Crippen LogP contribution < -0.4 is 10.9 Å². The quantitative estimate of drug-likeness (QED) is 0.644. The molecule has 0 spiro atoms. The molecule has 0 amide bonds. The Labute approximate surface area is 130 Å². The summed E-state index contributed by atoms with van der Waals surface area (Å²) in [5.41, 5.74) is 1.25. The number of rotatable bonds is 4. The van der Waals surface area contributed by atoms with Crippen molar-refractivity contribution >= 4 is 33.6 Å². The Bertz CT molecular complexity index is 839. The van der Waals surface area contributed by atoms with Crippen LogP contribution in [0.5, 0.6) is 0 Å². The maximum Gasteiger partial charge on any atom is 0.261 e. The van der Waals surface area contributed by atoms with E-state index in [-0.39, 0.29) is 10.8 Å². The Morgan fingerprint density at radius 2 is 1.95 bits per heavy atom. The molecule has 7 heteroatoms. The summed E-state index contributed by atoms with van der Waals surface area (Å²) in [5.74, 6) is 0.467. The van der Waals surface area contributed by atoms with Gasteiger partial charge in [0, 0.05) is 11.9 Å². The van der Waals surface area contributed by atoms with E-state index in [1.807, 2.05) is 38.1 Å². The van der Waals surface area contributed by atoms with Gasteiger partial charge in [0.1, 0.15) is 10.6 Å². The molecular weight excluding hydrogens is 300 g/mol. The van der Waals surface area contributed by atoms with E-state index in [4.69, 9.17) is 0 Å². The lowest BCUT2D eigenvalue weighted by Crippen LogP contribution is -2.13. The number of aromatic amines is 2. The van der Waals surface area contributed by atoms with Crippen molar-refractivity contribution in [2.24, 2.45) is 0 Å². The zero-order chi connectivity index (χ0) is 15.7. The zero-order valence-corrected chi connectivity index (χ0v) is 13.0. The van der Waals surface area contributed by atoms with E-state index < -0.39 is 11.2 Å². The first kappa shape index (κ1) is 14.7. The third kappa shape index (κ3) is 2.72. The van der Waals surface area contributed by atoms with E-state index in [0.717, 1.165) is 10.6 Å². The van der Waals surface area contributed by atoms with Gasteiger partial charge in [0.2, 0.25) is 0 Å². The Hall–Kier alpha value is -2.25. The molecule has 0 fully saturated rings. The fourth-order valence-corrected chi connectivity index (χ4v) is 3.10. The highest BCUT2D eigenvalue weighted by atomic mass is 32.2. The van der Waals surface area contributed by atoms with Crippen molar-refractivity contribution in [3.05, 3.63) is 46.9 Å². The number of nitrogens with zero attached hydrogens (tertiary/aromatic N) is 1. The predicted octanol–water partition coefficient (Wildman–Crippen LogP) is 2.51. The van der Waals surface area contributed by atoms with E-state index in [9.17, 15) is 9.35 Å². The monoisotopic (exact) mass is 316 g/mol. The molecule has 1 aromatic carbocycles. The first-order valence-corrected chi connectivity index (χ1v) is 8.11. The molecule has 1 unspecified atom stereocenters. The Morgan fingerprint density at radius 3 is 2.64 bits per heavy atom. The second-order valence-corrected chi connectivity index (χ2v) is 7.17. The van der Waals surface area contributed by atoms with E-state index >= 15 is 0 Å². The molecule has 0 saturated carbocycles. The number of hydrogen-bond donors (Lipinski definition) is 3. The van der Waals surface area contributed by atoms with Crippen molar-refractivity contribution in [3.63, 3.8) is 0 Å². The lowest BCUT2D eigenvalue weighted by Gasteiger charge is -2.14. The summed E-state index contributed by atoms with van der Waals surface area (Å²) >= 11 is -1.01. The van der Waals surface area contributed by atoms with Crippen LogP contribution in [0.3, 0.4) is 0 Å². The average molecular weight is 316 g/mol. The van der Waals surface area contributed by atoms with Gasteiger partial charge in [-0.2, -0.15) is 5.10 Å². The van der Waals surface area contributed by atoms with Gasteiger partial charge in [-0.1, -0.05) is 0 Å². The SMILES string of the molecule is CC(C)[S+]([O-])c1ccc(Nc2n[nH]c3cc[nH]c(=O)c23)cc1. The van der Waals surface area contributed by atoms with Crippen LogP contribution in [0.25, 0.3) is 10.9 Å². The van der Waals surface area contributed by atoms with Crippen molar-refractivity contribution < 1.29 is 4.55 Å². The van der Waals surface area contributed by atoms with Crippen molar-refractivity contribution in [3.8, 4) is 0 Å². The lowest BCUT2D eigenvalue weighted by atomic mass is 10.3. The molecule has 2 heterocycles. The molecule has 0 aliphatic rings. The highest BCUT2D eigenvalue weighted by molar-refractivity contribution is 7.92. The maximum absolute atomic E-state index is 12.0. The van der Waals surface area contributed by atoms with Crippen molar-refractivity contribution in [2.45, 2.75) is 24.0 Å². The Morgan fingerprint density at radius 1 is 1.23 bits per heavy atom. The number of nitrogens with one attached hydrogen (secondary N) is 3. The van der Waals surface area contributed by atoms with Crippen LogP contribution >= 0.6 is 0 Å². The van der Waals surface area contributed by atoms with Gasteiger partial charge in [0.05, 0.1) is 5.52 Å². The summed E-state index contributed by atoms with van der Waals surface area (Å²) in [4.78, 5) is 15.3. The minimum absolute atomic E-state index is 0.0765. The molecule has 3 rings (SSSR count). The number of H-pyrrole nitrogens is 2. The van der Waals surface area contributed by atoms with Crippen LogP contribution in [0.2, 0.25) is 0 Å². The van der Waals surface area contributed by atoms with E-state index in [0.29, 0.717) is 16.7 Å². The van der Waals surface area contributed by atoms with Crippen LogP contribution in [0, 0.1) is 0 Å². The number of hydrogen-bond acceptors (Lipinski definition) is 4. The molecular formula is C15H16N4O2S. The zero-order valence-electron chi connectivity index (χ0n) is 12.2. The fourth-order valence-electron chi connectivity index (χ4n) is 2.15. The molecule has 6 nitrogen and oxygen atoms in total. The summed E-state index contributed by atoms with van der Waals surface area (Å²) in [5, 5.41) is 10.6. The smallest absolute Gasteiger partial charge is 0.261 e. The molecule has 1 atom stereocenters. The van der Waals surface area contributed by atoms with Crippen molar-refractivity contribution in [1.29, 1.82) is 0 Å². The highest BCUT2D eigenvalue weighted by Crippen LogP contribution is 2.23. The molecule has 0 aliphatic carbocycles. The highest BCUT2D eigenvalue weighted by Gasteiger charge is 2.15. The standard InChI is InChI=1S/C15H16N4O2S/c1-9(2)22(21)11-5-3-10(4-6-11)17-14-13-12(18-19-14)7-8-16-15(13)20/h3-9H,1-2H3,(H,16,20)(H2,17,18,19). The minimum Gasteiger partial charge on any atom is -0.611 e. The van der Waals surface area contributed by atoms with Crippen LogP contribution in [-0.2, 0) is 11.2 Å². The number of benzene rings is 1. The topological polar surface area (TPSA) is 96.6 Å². The second kappa shape index (κ2) is 5.86. The van der Waals surface area contributed by atoms with Crippen molar-refractivity contribution in [2.75, 3.05) is 5.32 Å². The number of anilines is 2. The Kier molecular flexibility index (Phi) is 3.91. The minimum atomic E-state index is -1.01. The van der Waals surface area contributed by atoms with Crippen LogP contribution in [0.1, 0.15) is 13.8 Å². The fraction of sp³-hybridized carbons (Fsp3) is 0.200. The van der Waals surface area contributed by atoms with Gasteiger partial charge in [-0.05, 0) is 55.4 Å². The van der Waals surface area contributed by atoms with E-state index in [1.54, 1.807) is 12.3 Å². The van der Waals surface area contributed by atoms with Gasteiger partial charge < -0.3 is 14.9 Å². The third-order valence-electron chi connectivity index (χ3n) is 3.26. The number of pyridine rings is 1. The molecule has 2 aromatic heterocycles. The number of aromatic nitrogens is 3. The molecule has 0 aliphatic heterocycles. The van der Waals surface area contributed by atoms with E-state index in [2.05, 4.69) is 20.5 Å². The van der Waals surface area contributed by atoms with Crippen molar-refractivity contribution in [1.82, 2.24) is 15.2 Å². The van der Waals surface area contributed by atoms with Crippen LogP contribution in [-0.4, -0.2) is 25.0 Å². The first-order valence-electron chi connectivity index (χ1n) is 6.89. The van der Waals surface area contributed by atoms with Gasteiger partial charge in [-0.15, -0.1) is 0 Å². The summed E-state index contributed by atoms with van der Waals surface area (Å²) in [7, 11) is 0. The molecule has 0 saturated heterocycles. The molecule has 0 radical (unpaired) electrons. The molecule has 114 valence electrons. The summed E-state index contributed by atoms with van der Waals surface area (Å²) in [6.45, 7) is 3.84. The molecule has 3 N–H and O–H groups in total. The summed E-state index contributed by atoms with van der Waals surface area (Å²) < 4.78 is 12.0. The van der Waals surface area contributed by atoms with Gasteiger partial charge in [-0.25, -0.2) is 0 Å². The predicted molar refractivity (Wildman–Crippen MR) is 88.0 cm³/mol. The Balaban J connectivity index is 1.88. The van der Waals surface area contributed by atoms with Gasteiger partial charge in [0.15, 0.2) is 10.7 Å². The molecule has 22 heavy (non-hydrogen) atoms. The number of fused-ring (bicyclic) bond motifs is 1.